The molecular weight excluding hydrogens is 308 g/mol. The Morgan fingerprint density at radius 2 is 1.96 bits per heavy atom. The van der Waals surface area contributed by atoms with Gasteiger partial charge in [-0.15, -0.1) is 0 Å². The molecule has 0 aliphatic carbocycles. The van der Waals surface area contributed by atoms with Crippen LogP contribution < -0.4 is 5.11 Å². The van der Waals surface area contributed by atoms with E-state index in [1.54, 1.807) is 25.7 Å². The normalized spacial score (nSPS) is 19.2. The van der Waals surface area contributed by atoms with Gasteiger partial charge in [0, 0.05) is 25.0 Å². The number of hydrogen-bond acceptors (Lipinski definition) is 4. The molecule has 0 saturated carbocycles. The second-order valence-electron chi connectivity index (χ2n) is 7.24. The third-order valence-corrected chi connectivity index (χ3v) is 4.26. The van der Waals surface area contributed by atoms with Crippen molar-refractivity contribution in [2.24, 2.45) is 0 Å². The fourth-order valence-electron chi connectivity index (χ4n) is 3.15. The summed E-state index contributed by atoms with van der Waals surface area (Å²) >= 11 is 0. The molecule has 1 aromatic carbocycles. The van der Waals surface area contributed by atoms with Crippen LogP contribution in [-0.2, 0) is 11.2 Å². The average molecular weight is 333 g/mol. The molecule has 1 aliphatic rings. The number of nitrogens with zero attached hydrogens (tertiary/aromatic N) is 2. The van der Waals surface area contributed by atoms with Crippen molar-refractivity contribution < 1.29 is 19.8 Å². The highest BCUT2D eigenvalue weighted by atomic mass is 16.4. The molecule has 1 heterocycles. The van der Waals surface area contributed by atoms with Crippen LogP contribution in [0.4, 0.5) is 4.79 Å². The van der Waals surface area contributed by atoms with Gasteiger partial charge in [-0.3, -0.25) is 4.79 Å². The van der Waals surface area contributed by atoms with Crippen molar-refractivity contribution >= 4 is 12.0 Å². The van der Waals surface area contributed by atoms with Gasteiger partial charge >= 0.3 is 0 Å². The van der Waals surface area contributed by atoms with Crippen LogP contribution in [0.1, 0.15) is 32.8 Å². The SMILES string of the molecule is CC(C)(C)N(C(=O)[O-])[C@@H](Cc1ccccc1)C(=O)N1CCC(O)C1. The van der Waals surface area contributed by atoms with E-state index in [0.29, 0.717) is 13.0 Å². The van der Waals surface area contributed by atoms with Gasteiger partial charge in [0.25, 0.3) is 0 Å². The van der Waals surface area contributed by atoms with Gasteiger partial charge in [-0.05, 0) is 32.8 Å². The molecule has 2 amide bonds. The molecule has 1 aliphatic heterocycles. The Labute approximate surface area is 142 Å². The number of aliphatic hydroxyl groups excluding tert-OH is 1. The lowest BCUT2D eigenvalue weighted by Gasteiger charge is -2.44. The zero-order valence-electron chi connectivity index (χ0n) is 14.4. The van der Waals surface area contributed by atoms with E-state index in [1.807, 2.05) is 30.3 Å². The third kappa shape index (κ3) is 4.26. The number of rotatable bonds is 4. The Kier molecular flexibility index (Phi) is 5.49. The molecule has 1 N–H and O–H groups in total. The quantitative estimate of drug-likeness (QED) is 0.876. The molecule has 2 rings (SSSR count). The molecule has 6 heteroatoms. The first-order valence-corrected chi connectivity index (χ1v) is 8.21. The highest BCUT2D eigenvalue weighted by Gasteiger charge is 2.38. The Bertz CT molecular complexity index is 582. The molecule has 6 nitrogen and oxygen atoms in total. The zero-order valence-corrected chi connectivity index (χ0v) is 14.4. The summed E-state index contributed by atoms with van der Waals surface area (Å²) in [5, 5.41) is 21.4. The third-order valence-electron chi connectivity index (χ3n) is 4.26. The summed E-state index contributed by atoms with van der Waals surface area (Å²) in [5.41, 5.74) is 0.109. The van der Waals surface area contributed by atoms with E-state index in [2.05, 4.69) is 0 Å². The van der Waals surface area contributed by atoms with Gasteiger partial charge < -0.3 is 24.8 Å². The predicted octanol–water partition coefficient (Wildman–Crippen LogP) is 0.635. The number of carbonyl (C=O) groups is 2. The summed E-state index contributed by atoms with van der Waals surface area (Å²) in [6.45, 7) is 5.91. The average Bonchev–Trinajstić information content (AvgIpc) is 2.91. The van der Waals surface area contributed by atoms with Crippen molar-refractivity contribution in [1.82, 2.24) is 9.80 Å². The van der Waals surface area contributed by atoms with Crippen molar-refractivity contribution in [2.75, 3.05) is 13.1 Å². The molecule has 1 aromatic rings. The Morgan fingerprint density at radius 3 is 2.42 bits per heavy atom. The van der Waals surface area contributed by atoms with E-state index in [0.717, 1.165) is 10.5 Å². The van der Waals surface area contributed by atoms with Crippen molar-refractivity contribution in [3.8, 4) is 0 Å². The molecule has 2 atom stereocenters. The minimum atomic E-state index is -1.36. The maximum atomic E-state index is 13.0. The smallest absolute Gasteiger partial charge is 0.245 e. The molecule has 1 saturated heterocycles. The van der Waals surface area contributed by atoms with Crippen LogP contribution in [0.2, 0.25) is 0 Å². The Morgan fingerprint density at radius 1 is 1.33 bits per heavy atom. The van der Waals surface area contributed by atoms with E-state index >= 15 is 0 Å². The number of amides is 2. The standard InChI is InChI=1S/C18H26N2O4/c1-18(2,3)20(17(23)24)15(11-13-7-5-4-6-8-13)16(22)19-10-9-14(21)12-19/h4-8,14-15,21H,9-12H2,1-3H3,(H,23,24)/p-1/t14?,15-/m0/s1. The number of hydrogen-bond donors (Lipinski definition) is 1. The van der Waals surface area contributed by atoms with Gasteiger partial charge in [-0.25, -0.2) is 0 Å². The second kappa shape index (κ2) is 7.21. The van der Waals surface area contributed by atoms with Gasteiger partial charge in [0.2, 0.25) is 5.91 Å². The van der Waals surface area contributed by atoms with Crippen LogP contribution in [0, 0.1) is 0 Å². The van der Waals surface area contributed by atoms with E-state index in [4.69, 9.17) is 0 Å². The largest absolute Gasteiger partial charge is 0.530 e. The minimum absolute atomic E-state index is 0.245. The van der Waals surface area contributed by atoms with Gasteiger partial charge in [0.15, 0.2) is 0 Å². The summed E-state index contributed by atoms with van der Waals surface area (Å²) < 4.78 is 0. The summed E-state index contributed by atoms with van der Waals surface area (Å²) in [6, 6.07) is 8.46. The maximum absolute atomic E-state index is 13.0. The first-order valence-electron chi connectivity index (χ1n) is 8.21. The number of likely N-dealkylation sites (tertiary alicyclic amines) is 1. The Balaban J connectivity index is 2.32. The van der Waals surface area contributed by atoms with E-state index in [9.17, 15) is 19.8 Å². The highest BCUT2D eigenvalue weighted by Crippen LogP contribution is 2.23. The molecule has 0 aromatic heterocycles. The predicted molar refractivity (Wildman–Crippen MR) is 88.1 cm³/mol. The highest BCUT2D eigenvalue weighted by molar-refractivity contribution is 5.86. The molecule has 132 valence electrons. The van der Waals surface area contributed by atoms with E-state index in [-0.39, 0.29) is 18.9 Å². The lowest BCUT2D eigenvalue weighted by molar-refractivity contribution is -0.273. The maximum Gasteiger partial charge on any atom is 0.245 e. The van der Waals surface area contributed by atoms with Gasteiger partial charge in [0.05, 0.1) is 6.10 Å². The summed E-state index contributed by atoms with van der Waals surface area (Å²) in [7, 11) is 0. The van der Waals surface area contributed by atoms with Gasteiger partial charge in [0.1, 0.15) is 12.1 Å². The Hall–Kier alpha value is -2.08. The van der Waals surface area contributed by atoms with Crippen molar-refractivity contribution in [1.29, 1.82) is 0 Å². The molecule has 1 fully saturated rings. The fourth-order valence-corrected chi connectivity index (χ4v) is 3.15. The van der Waals surface area contributed by atoms with Gasteiger partial charge in [-0.2, -0.15) is 0 Å². The first-order chi connectivity index (χ1) is 11.2. The molecule has 0 bridgehead atoms. The molecule has 0 radical (unpaired) electrons. The number of carbonyl (C=O) groups excluding carboxylic acids is 2. The first kappa shape index (κ1) is 18.3. The molecule has 0 spiro atoms. The van der Waals surface area contributed by atoms with E-state index < -0.39 is 23.8 Å². The summed E-state index contributed by atoms with van der Waals surface area (Å²) in [5.74, 6) is -0.283. The number of β-amino-alcohol motifs (C(OH)–C–C–N with tert-alkyl or cyclic N) is 1. The second-order valence-corrected chi connectivity index (χ2v) is 7.24. The summed E-state index contributed by atoms with van der Waals surface area (Å²) in [6.07, 6.45) is -1.11. The lowest BCUT2D eigenvalue weighted by atomic mass is 9.97. The van der Waals surface area contributed by atoms with Gasteiger partial charge in [-0.1, -0.05) is 30.3 Å². The van der Waals surface area contributed by atoms with E-state index in [1.165, 1.54) is 0 Å². The lowest BCUT2D eigenvalue weighted by Crippen LogP contribution is -2.61. The number of aliphatic hydroxyl groups is 1. The van der Waals surface area contributed by atoms with Crippen molar-refractivity contribution in [2.45, 2.75) is 51.3 Å². The van der Waals surface area contributed by atoms with Crippen LogP contribution in [0.15, 0.2) is 30.3 Å². The number of benzene rings is 1. The van der Waals surface area contributed by atoms with Crippen molar-refractivity contribution in [3.05, 3.63) is 35.9 Å². The molecule has 24 heavy (non-hydrogen) atoms. The topological polar surface area (TPSA) is 83.9 Å². The monoisotopic (exact) mass is 333 g/mol. The van der Waals surface area contributed by atoms with Crippen LogP contribution in [-0.4, -0.2) is 57.7 Å². The molecular formula is C18H25N2O4-. The van der Waals surface area contributed by atoms with Crippen LogP contribution in [0.25, 0.3) is 0 Å². The molecule has 1 unspecified atom stereocenters. The van der Waals surface area contributed by atoms with Crippen LogP contribution in [0.5, 0.6) is 0 Å². The summed E-state index contributed by atoms with van der Waals surface area (Å²) in [4.78, 5) is 27.4. The van der Waals surface area contributed by atoms with Crippen LogP contribution in [0.3, 0.4) is 0 Å². The number of carboxylic acid groups (broad SMARTS) is 1. The van der Waals surface area contributed by atoms with Crippen LogP contribution >= 0.6 is 0 Å². The zero-order chi connectivity index (χ0) is 17.9. The minimum Gasteiger partial charge on any atom is -0.530 e. The fraction of sp³-hybridized carbons (Fsp3) is 0.556. The van der Waals surface area contributed by atoms with Crippen molar-refractivity contribution in [3.63, 3.8) is 0 Å².